The molecule has 8 nitrogen and oxygen atoms in total. The van der Waals surface area contributed by atoms with Gasteiger partial charge >= 0.3 is 6.08 Å². The summed E-state index contributed by atoms with van der Waals surface area (Å²) < 4.78 is 86.0. The van der Waals surface area contributed by atoms with Crippen molar-refractivity contribution in [2.24, 2.45) is 0 Å². The molecule has 208 valence electrons. The standard InChI is InChI=1S/C26H27F4N5O3S/c1-34-13-11-18(17(27)15-34)32-23-8-4-7-21-24(25(28)26(29)30)20(33-35(21)23)6-5-12-31-19-10-9-16(39(3,36)37)14-22(19)38-2/h4,7-10,14,17-18,31-32H,11-13,15H2,1-3H3/t17-,18+/m0/s1. The maximum atomic E-state index is 14.6. The minimum absolute atomic E-state index is 0.0183. The molecule has 1 aromatic carbocycles. The molecule has 0 aliphatic carbocycles. The average molecular weight is 566 g/mol. The number of ether oxygens (including phenoxy) is 1. The van der Waals surface area contributed by atoms with E-state index in [0.29, 0.717) is 24.5 Å². The zero-order chi connectivity index (χ0) is 28.3. The Morgan fingerprint density at radius 1 is 1.23 bits per heavy atom. The molecule has 3 heterocycles. The summed E-state index contributed by atoms with van der Waals surface area (Å²) in [6.07, 6.45) is -2.09. The number of rotatable bonds is 7. The van der Waals surface area contributed by atoms with Crippen molar-refractivity contribution in [3.63, 3.8) is 0 Å². The number of piperidine rings is 1. The zero-order valence-electron chi connectivity index (χ0n) is 21.4. The number of benzene rings is 1. The van der Waals surface area contributed by atoms with Crippen molar-refractivity contribution in [3.05, 3.63) is 53.7 Å². The van der Waals surface area contributed by atoms with Crippen LogP contribution in [-0.2, 0) is 9.84 Å². The second kappa shape index (κ2) is 11.5. The van der Waals surface area contributed by atoms with E-state index >= 15 is 0 Å². The topological polar surface area (TPSA) is 88.0 Å². The summed E-state index contributed by atoms with van der Waals surface area (Å²) in [6.45, 7) is 0.901. The molecule has 0 unspecified atom stereocenters. The second-order valence-corrected chi connectivity index (χ2v) is 11.1. The Morgan fingerprint density at radius 3 is 2.67 bits per heavy atom. The summed E-state index contributed by atoms with van der Waals surface area (Å²) in [5, 5.41) is 10.3. The summed E-state index contributed by atoms with van der Waals surface area (Å²) in [5.41, 5.74) is -0.207. The van der Waals surface area contributed by atoms with Gasteiger partial charge in [0.1, 0.15) is 23.4 Å². The maximum Gasteiger partial charge on any atom is 0.306 e. The van der Waals surface area contributed by atoms with Crippen molar-refractivity contribution in [1.82, 2.24) is 14.5 Å². The minimum atomic E-state index is -3.44. The van der Waals surface area contributed by atoms with Gasteiger partial charge in [0, 0.05) is 25.4 Å². The van der Waals surface area contributed by atoms with Crippen molar-refractivity contribution in [1.29, 1.82) is 0 Å². The largest absolute Gasteiger partial charge is 0.495 e. The molecule has 1 saturated heterocycles. The smallest absolute Gasteiger partial charge is 0.306 e. The number of anilines is 2. The Kier molecular flexibility index (Phi) is 8.36. The monoisotopic (exact) mass is 565 g/mol. The number of pyridine rings is 1. The van der Waals surface area contributed by atoms with Gasteiger partial charge in [-0.05, 0) is 43.7 Å². The van der Waals surface area contributed by atoms with Gasteiger partial charge in [-0.25, -0.2) is 21.7 Å². The number of hydrogen-bond acceptors (Lipinski definition) is 7. The van der Waals surface area contributed by atoms with Crippen molar-refractivity contribution in [2.75, 3.05) is 50.7 Å². The first kappa shape index (κ1) is 28.3. The van der Waals surface area contributed by atoms with Gasteiger partial charge in [-0.15, -0.1) is 0 Å². The number of hydrogen-bond donors (Lipinski definition) is 2. The molecule has 13 heteroatoms. The number of sulfone groups is 1. The lowest BCUT2D eigenvalue weighted by atomic mass is 10.0. The van der Waals surface area contributed by atoms with Crippen LogP contribution in [0.4, 0.5) is 29.1 Å². The molecule has 0 radical (unpaired) electrons. The Balaban J connectivity index is 1.64. The van der Waals surface area contributed by atoms with E-state index in [1.165, 1.54) is 35.9 Å². The first-order valence-electron chi connectivity index (χ1n) is 11.9. The third-order valence-corrected chi connectivity index (χ3v) is 7.41. The summed E-state index contributed by atoms with van der Waals surface area (Å²) in [4.78, 5) is 1.95. The van der Waals surface area contributed by atoms with Gasteiger partial charge in [-0.2, -0.15) is 13.9 Å². The van der Waals surface area contributed by atoms with E-state index in [1.807, 2.05) is 11.9 Å². The van der Waals surface area contributed by atoms with Crippen LogP contribution in [0.1, 0.15) is 17.7 Å². The van der Waals surface area contributed by atoms with E-state index in [4.69, 9.17) is 4.74 Å². The number of methoxy groups -OCH3 is 1. The molecule has 3 aromatic rings. The number of likely N-dealkylation sites (tertiary alicyclic amines) is 1. The molecule has 39 heavy (non-hydrogen) atoms. The fourth-order valence-electron chi connectivity index (χ4n) is 4.30. The predicted molar refractivity (Wildman–Crippen MR) is 141 cm³/mol. The summed E-state index contributed by atoms with van der Waals surface area (Å²) in [6, 6.07) is 8.31. The molecule has 1 aliphatic rings. The van der Waals surface area contributed by atoms with E-state index in [0.717, 1.165) is 6.26 Å². The molecule has 2 N–H and O–H groups in total. The molecule has 0 bridgehead atoms. The first-order chi connectivity index (χ1) is 18.5. The third-order valence-electron chi connectivity index (χ3n) is 6.30. The SMILES string of the molecule is COc1cc(S(C)(=O)=O)ccc1NCC#Cc1nn2c(N[C@@H]3CCN(C)C[C@@H]3F)cccc2c1C(F)=C(F)F. The molecule has 0 saturated carbocycles. The molecule has 2 aromatic heterocycles. The van der Waals surface area contributed by atoms with Crippen LogP contribution in [0.2, 0.25) is 0 Å². The van der Waals surface area contributed by atoms with Crippen LogP contribution in [0.3, 0.4) is 0 Å². The Hall–Kier alpha value is -3.76. The normalized spacial score (nSPS) is 17.8. The summed E-state index contributed by atoms with van der Waals surface area (Å²) in [7, 11) is -0.237. The van der Waals surface area contributed by atoms with Crippen LogP contribution < -0.4 is 15.4 Å². The highest BCUT2D eigenvalue weighted by atomic mass is 32.2. The van der Waals surface area contributed by atoms with E-state index in [1.54, 1.807) is 12.1 Å². The van der Waals surface area contributed by atoms with Crippen molar-refractivity contribution >= 4 is 32.7 Å². The average Bonchev–Trinajstić information content (AvgIpc) is 3.26. The van der Waals surface area contributed by atoms with E-state index in [2.05, 4.69) is 27.6 Å². The van der Waals surface area contributed by atoms with Crippen molar-refractivity contribution < 1.29 is 30.7 Å². The van der Waals surface area contributed by atoms with Gasteiger partial charge in [0.2, 0.25) is 5.83 Å². The lowest BCUT2D eigenvalue weighted by Crippen LogP contribution is -2.46. The van der Waals surface area contributed by atoms with Gasteiger partial charge in [0.15, 0.2) is 9.84 Å². The van der Waals surface area contributed by atoms with Gasteiger partial charge in [-0.1, -0.05) is 12.0 Å². The van der Waals surface area contributed by atoms with Gasteiger partial charge < -0.3 is 20.3 Å². The highest BCUT2D eigenvalue weighted by molar-refractivity contribution is 7.90. The highest BCUT2D eigenvalue weighted by Gasteiger charge is 2.28. The number of halogens is 4. The van der Waals surface area contributed by atoms with Crippen LogP contribution in [-0.4, -0.2) is 75.2 Å². The minimum Gasteiger partial charge on any atom is -0.495 e. The lowest BCUT2D eigenvalue weighted by Gasteiger charge is -2.33. The molecule has 2 atom stereocenters. The number of fused-ring (bicyclic) bond motifs is 1. The molecule has 4 rings (SSSR count). The van der Waals surface area contributed by atoms with Crippen molar-refractivity contribution in [3.8, 4) is 17.6 Å². The van der Waals surface area contributed by atoms with E-state index < -0.39 is 39.5 Å². The molecule has 0 spiro atoms. The molecule has 1 aliphatic heterocycles. The Labute approximate surface area is 223 Å². The fourth-order valence-corrected chi connectivity index (χ4v) is 4.94. The fraction of sp³-hybridized carbons (Fsp3) is 0.346. The predicted octanol–water partition coefficient (Wildman–Crippen LogP) is 4.20. The van der Waals surface area contributed by atoms with Gasteiger partial charge in [-0.3, -0.25) is 0 Å². The molecule has 0 amide bonds. The van der Waals surface area contributed by atoms with Crippen LogP contribution in [0.15, 0.2) is 47.4 Å². The number of alkyl halides is 1. The maximum absolute atomic E-state index is 14.6. The number of aromatic nitrogens is 2. The second-order valence-electron chi connectivity index (χ2n) is 9.11. The number of nitrogens with one attached hydrogen (secondary N) is 2. The van der Waals surface area contributed by atoms with Gasteiger partial charge in [0.05, 0.1) is 41.4 Å². The first-order valence-corrected chi connectivity index (χ1v) is 13.8. The molecular formula is C26H27F4N5O3S. The lowest BCUT2D eigenvalue weighted by molar-refractivity contribution is 0.149. The van der Waals surface area contributed by atoms with Crippen LogP contribution in [0.25, 0.3) is 11.3 Å². The van der Waals surface area contributed by atoms with Gasteiger partial charge in [0.25, 0.3) is 0 Å². The van der Waals surface area contributed by atoms with Crippen LogP contribution >= 0.6 is 0 Å². The van der Waals surface area contributed by atoms with E-state index in [-0.39, 0.29) is 34.9 Å². The Bertz CT molecular complexity index is 1580. The Morgan fingerprint density at radius 2 is 2.00 bits per heavy atom. The summed E-state index contributed by atoms with van der Waals surface area (Å²) >= 11 is 0. The van der Waals surface area contributed by atoms with Crippen molar-refractivity contribution in [2.45, 2.75) is 23.5 Å². The van der Waals surface area contributed by atoms with Crippen LogP contribution in [0.5, 0.6) is 5.75 Å². The quantitative estimate of drug-likeness (QED) is 0.328. The highest BCUT2D eigenvalue weighted by Crippen LogP contribution is 2.31. The van der Waals surface area contributed by atoms with Crippen LogP contribution in [0, 0.1) is 11.8 Å². The zero-order valence-corrected chi connectivity index (χ0v) is 22.3. The number of nitrogens with zero attached hydrogens (tertiary/aromatic N) is 3. The third kappa shape index (κ3) is 6.29. The molecule has 1 fully saturated rings. The molecular weight excluding hydrogens is 538 g/mol. The van der Waals surface area contributed by atoms with E-state index in [9.17, 15) is 26.0 Å². The summed E-state index contributed by atoms with van der Waals surface area (Å²) in [5.74, 6) is 4.18.